The van der Waals surface area contributed by atoms with Gasteiger partial charge in [-0.1, -0.05) is 29.3 Å². The van der Waals surface area contributed by atoms with E-state index in [0.29, 0.717) is 27.9 Å². The number of carbonyl (C=O) groups is 2. The molecule has 0 saturated heterocycles. The van der Waals surface area contributed by atoms with Gasteiger partial charge in [0.25, 0.3) is 11.8 Å². The summed E-state index contributed by atoms with van der Waals surface area (Å²) in [5.74, 6) is -0.448. The summed E-state index contributed by atoms with van der Waals surface area (Å²) < 4.78 is 0. The zero-order valence-corrected chi connectivity index (χ0v) is 13.6. The van der Waals surface area contributed by atoms with Crippen molar-refractivity contribution >= 4 is 40.7 Å². The minimum atomic E-state index is -0.354. The van der Waals surface area contributed by atoms with Crippen molar-refractivity contribution < 1.29 is 9.59 Å². The van der Waals surface area contributed by atoms with Crippen molar-refractivity contribution in [1.29, 1.82) is 0 Å². The van der Waals surface area contributed by atoms with Gasteiger partial charge >= 0.3 is 0 Å². The maximum atomic E-state index is 12.2. The molecule has 0 bridgehead atoms. The van der Waals surface area contributed by atoms with Gasteiger partial charge in [0.2, 0.25) is 0 Å². The van der Waals surface area contributed by atoms with Gasteiger partial charge in [-0.2, -0.15) is 0 Å². The summed E-state index contributed by atoms with van der Waals surface area (Å²) in [5.41, 5.74) is 1.44. The average molecular weight is 349 g/mol. The van der Waals surface area contributed by atoms with Crippen LogP contribution in [0.2, 0.25) is 10.0 Å². The van der Waals surface area contributed by atoms with Crippen molar-refractivity contribution in [3.63, 3.8) is 0 Å². The molecule has 23 heavy (non-hydrogen) atoms. The first-order valence-corrected chi connectivity index (χ1v) is 7.96. The van der Waals surface area contributed by atoms with Crippen LogP contribution < -0.4 is 10.6 Å². The normalized spacial score (nSPS) is 13.5. The molecule has 6 heteroatoms. The van der Waals surface area contributed by atoms with Crippen molar-refractivity contribution in [2.24, 2.45) is 0 Å². The molecule has 4 nitrogen and oxygen atoms in total. The van der Waals surface area contributed by atoms with E-state index in [2.05, 4.69) is 10.6 Å². The summed E-state index contributed by atoms with van der Waals surface area (Å²) in [6.45, 7) is 0. The molecule has 3 rings (SSSR count). The molecular formula is C17H14Cl2N2O2. The Balaban J connectivity index is 1.69. The van der Waals surface area contributed by atoms with E-state index in [1.54, 1.807) is 42.5 Å². The van der Waals surface area contributed by atoms with Crippen LogP contribution in [0.4, 0.5) is 5.69 Å². The molecule has 2 aromatic carbocycles. The van der Waals surface area contributed by atoms with Crippen LogP contribution in [0, 0.1) is 0 Å². The third kappa shape index (κ3) is 3.84. The van der Waals surface area contributed by atoms with Crippen LogP contribution in [0.1, 0.15) is 33.6 Å². The highest BCUT2D eigenvalue weighted by molar-refractivity contribution is 6.44. The monoisotopic (exact) mass is 348 g/mol. The summed E-state index contributed by atoms with van der Waals surface area (Å²) in [6, 6.07) is 11.9. The predicted molar refractivity (Wildman–Crippen MR) is 91.3 cm³/mol. The second-order valence-electron chi connectivity index (χ2n) is 5.38. The molecule has 0 aliphatic heterocycles. The number of anilines is 1. The highest BCUT2D eigenvalue weighted by Gasteiger charge is 2.23. The second kappa shape index (κ2) is 6.60. The Morgan fingerprint density at radius 2 is 1.65 bits per heavy atom. The Morgan fingerprint density at radius 1 is 0.957 bits per heavy atom. The third-order valence-electron chi connectivity index (χ3n) is 3.51. The quantitative estimate of drug-likeness (QED) is 0.872. The maximum absolute atomic E-state index is 12.2. The first kappa shape index (κ1) is 15.8. The molecule has 0 atom stereocenters. The van der Waals surface area contributed by atoms with E-state index in [1.165, 1.54) is 0 Å². The number of halogens is 2. The number of hydrogen-bond acceptors (Lipinski definition) is 2. The standard InChI is InChI=1S/C17H14Cl2N2O2/c18-14-3-1-2-13(15(14)19)17(23)21-11-6-4-10(5-7-11)16(22)20-12-8-9-12/h1-7,12H,8-9H2,(H,20,22)(H,21,23). The van der Waals surface area contributed by atoms with E-state index in [0.717, 1.165) is 12.8 Å². The summed E-state index contributed by atoms with van der Waals surface area (Å²) in [4.78, 5) is 24.1. The van der Waals surface area contributed by atoms with Gasteiger partial charge in [0, 0.05) is 17.3 Å². The minimum absolute atomic E-state index is 0.0942. The van der Waals surface area contributed by atoms with Crippen molar-refractivity contribution in [1.82, 2.24) is 5.32 Å². The molecule has 1 saturated carbocycles. The molecule has 0 spiro atoms. The van der Waals surface area contributed by atoms with Gasteiger partial charge in [-0.05, 0) is 49.2 Å². The third-order valence-corrected chi connectivity index (χ3v) is 4.33. The van der Waals surface area contributed by atoms with Crippen LogP contribution in [-0.2, 0) is 0 Å². The number of rotatable bonds is 4. The zero-order chi connectivity index (χ0) is 16.4. The Bertz CT molecular complexity index is 756. The summed E-state index contributed by atoms with van der Waals surface area (Å²) in [7, 11) is 0. The maximum Gasteiger partial charge on any atom is 0.257 e. The number of hydrogen-bond donors (Lipinski definition) is 2. The van der Waals surface area contributed by atoms with Crippen LogP contribution in [0.3, 0.4) is 0 Å². The fourth-order valence-electron chi connectivity index (χ4n) is 2.08. The van der Waals surface area contributed by atoms with Crippen molar-refractivity contribution in [3.8, 4) is 0 Å². The number of carbonyl (C=O) groups excluding carboxylic acids is 2. The molecule has 118 valence electrons. The van der Waals surface area contributed by atoms with Gasteiger partial charge in [0.05, 0.1) is 15.6 Å². The topological polar surface area (TPSA) is 58.2 Å². The van der Waals surface area contributed by atoms with Crippen LogP contribution in [0.15, 0.2) is 42.5 Å². The molecule has 2 amide bonds. The number of nitrogens with one attached hydrogen (secondary N) is 2. The van der Waals surface area contributed by atoms with E-state index < -0.39 is 0 Å². The first-order chi connectivity index (χ1) is 11.0. The van der Waals surface area contributed by atoms with Crippen LogP contribution >= 0.6 is 23.2 Å². The lowest BCUT2D eigenvalue weighted by molar-refractivity contribution is 0.0950. The lowest BCUT2D eigenvalue weighted by Gasteiger charge is -2.08. The van der Waals surface area contributed by atoms with Gasteiger partial charge in [-0.3, -0.25) is 9.59 Å². The summed E-state index contributed by atoms with van der Waals surface area (Å²) in [6.07, 6.45) is 2.08. The molecule has 0 aromatic heterocycles. The van der Waals surface area contributed by atoms with Gasteiger partial charge in [-0.25, -0.2) is 0 Å². The van der Waals surface area contributed by atoms with Crippen molar-refractivity contribution in [2.45, 2.75) is 18.9 Å². The molecule has 1 aliphatic carbocycles. The van der Waals surface area contributed by atoms with E-state index in [-0.39, 0.29) is 16.8 Å². The van der Waals surface area contributed by atoms with Gasteiger partial charge < -0.3 is 10.6 Å². The highest BCUT2D eigenvalue weighted by atomic mass is 35.5. The Kier molecular flexibility index (Phi) is 4.55. The lowest BCUT2D eigenvalue weighted by Crippen LogP contribution is -2.25. The van der Waals surface area contributed by atoms with Crippen molar-refractivity contribution in [2.75, 3.05) is 5.32 Å². The van der Waals surface area contributed by atoms with Gasteiger partial charge in [-0.15, -0.1) is 0 Å². The first-order valence-electron chi connectivity index (χ1n) is 7.21. The fraction of sp³-hybridized carbons (Fsp3) is 0.176. The van der Waals surface area contributed by atoms with E-state index in [9.17, 15) is 9.59 Å². The van der Waals surface area contributed by atoms with Crippen LogP contribution in [0.25, 0.3) is 0 Å². The zero-order valence-electron chi connectivity index (χ0n) is 12.1. The highest BCUT2D eigenvalue weighted by Crippen LogP contribution is 2.26. The van der Waals surface area contributed by atoms with Crippen LogP contribution in [0.5, 0.6) is 0 Å². The van der Waals surface area contributed by atoms with Gasteiger partial charge in [0.1, 0.15) is 0 Å². The molecule has 2 N–H and O–H groups in total. The molecule has 0 unspecified atom stereocenters. The lowest BCUT2D eigenvalue weighted by atomic mass is 10.1. The van der Waals surface area contributed by atoms with E-state index in [4.69, 9.17) is 23.2 Å². The minimum Gasteiger partial charge on any atom is -0.349 e. The smallest absolute Gasteiger partial charge is 0.257 e. The molecular weight excluding hydrogens is 335 g/mol. The summed E-state index contributed by atoms with van der Waals surface area (Å²) in [5, 5.41) is 6.18. The largest absolute Gasteiger partial charge is 0.349 e. The molecule has 0 radical (unpaired) electrons. The van der Waals surface area contributed by atoms with Gasteiger partial charge in [0.15, 0.2) is 0 Å². The Labute approximate surface area is 143 Å². The number of amides is 2. The fourth-order valence-corrected chi connectivity index (χ4v) is 2.47. The molecule has 1 aliphatic rings. The Hall–Kier alpha value is -2.04. The molecule has 1 fully saturated rings. The second-order valence-corrected chi connectivity index (χ2v) is 6.17. The molecule has 0 heterocycles. The number of benzene rings is 2. The van der Waals surface area contributed by atoms with Crippen LogP contribution in [-0.4, -0.2) is 17.9 Å². The summed E-state index contributed by atoms with van der Waals surface area (Å²) >= 11 is 11.9. The molecule has 2 aromatic rings. The van der Waals surface area contributed by atoms with E-state index >= 15 is 0 Å². The average Bonchev–Trinajstić information content (AvgIpc) is 3.34. The Morgan fingerprint density at radius 3 is 2.30 bits per heavy atom. The SMILES string of the molecule is O=C(NC1CC1)c1ccc(NC(=O)c2cccc(Cl)c2Cl)cc1. The van der Waals surface area contributed by atoms with Crippen molar-refractivity contribution in [3.05, 3.63) is 63.6 Å². The predicted octanol–water partition coefficient (Wildman–Crippen LogP) is 4.14. The van der Waals surface area contributed by atoms with E-state index in [1.807, 2.05) is 0 Å².